The van der Waals surface area contributed by atoms with Crippen LogP contribution in [0.1, 0.15) is 0 Å². The normalized spacial score (nSPS) is 14.4. The highest BCUT2D eigenvalue weighted by atomic mass is 16.6. The first-order valence-electron chi connectivity index (χ1n) is 6.89. The number of amides is 1. The van der Waals surface area contributed by atoms with Gasteiger partial charge in [0.2, 0.25) is 5.91 Å². The molecule has 0 bridgehead atoms. The van der Waals surface area contributed by atoms with Crippen molar-refractivity contribution in [1.29, 1.82) is 0 Å². The van der Waals surface area contributed by atoms with Crippen LogP contribution in [0.25, 0.3) is 0 Å². The minimum absolute atomic E-state index is 0.0569. The Hall–Kier alpha value is -2.75. The molecular weight excluding hydrogens is 308 g/mol. The van der Waals surface area contributed by atoms with Crippen LogP contribution < -0.4 is 4.90 Å². The molecule has 1 amide bonds. The van der Waals surface area contributed by atoms with Crippen LogP contribution in [0.3, 0.4) is 0 Å². The summed E-state index contributed by atoms with van der Waals surface area (Å²) >= 11 is 0. The quantitative estimate of drug-likeness (QED) is 0.580. The molecule has 1 fully saturated rings. The second-order valence-electron chi connectivity index (χ2n) is 5.04. The van der Waals surface area contributed by atoms with Gasteiger partial charge in [0.25, 0.3) is 11.4 Å². The van der Waals surface area contributed by atoms with Gasteiger partial charge in [0.1, 0.15) is 5.69 Å². The van der Waals surface area contributed by atoms with Crippen molar-refractivity contribution in [2.24, 2.45) is 0 Å². The lowest BCUT2D eigenvalue weighted by molar-refractivity contribution is -0.393. The van der Waals surface area contributed by atoms with Crippen molar-refractivity contribution in [3.05, 3.63) is 38.4 Å². The van der Waals surface area contributed by atoms with E-state index in [4.69, 9.17) is 4.74 Å². The maximum atomic E-state index is 12.2. The van der Waals surface area contributed by atoms with Gasteiger partial charge in [-0.25, -0.2) is 0 Å². The van der Waals surface area contributed by atoms with E-state index in [0.717, 1.165) is 6.07 Å². The molecule has 0 spiro atoms. The van der Waals surface area contributed by atoms with Gasteiger partial charge >= 0.3 is 0 Å². The molecule has 0 radical (unpaired) electrons. The molecule has 0 N–H and O–H groups in total. The number of anilines is 1. The fourth-order valence-corrected chi connectivity index (χ4v) is 2.30. The Kier molecular flexibility index (Phi) is 5.06. The smallest absolute Gasteiger partial charge is 0.299 e. The Morgan fingerprint density at radius 1 is 1.26 bits per heavy atom. The summed E-state index contributed by atoms with van der Waals surface area (Å²) in [5.74, 6) is -0.177. The van der Waals surface area contributed by atoms with E-state index in [9.17, 15) is 25.0 Å². The number of ether oxygens (including phenoxy) is 1. The first-order valence-corrected chi connectivity index (χ1v) is 6.89. The Morgan fingerprint density at radius 2 is 1.91 bits per heavy atom. The zero-order chi connectivity index (χ0) is 17.0. The predicted molar refractivity (Wildman–Crippen MR) is 80.4 cm³/mol. The highest BCUT2D eigenvalue weighted by Crippen LogP contribution is 2.31. The summed E-state index contributed by atoms with van der Waals surface area (Å²) in [7, 11) is 1.53. The molecule has 1 aliphatic heterocycles. The molecule has 124 valence electrons. The van der Waals surface area contributed by atoms with Gasteiger partial charge in [-0.1, -0.05) is 0 Å². The molecule has 1 heterocycles. The van der Waals surface area contributed by atoms with E-state index < -0.39 is 15.5 Å². The number of rotatable bonds is 5. The summed E-state index contributed by atoms with van der Waals surface area (Å²) in [5, 5.41) is 21.9. The molecule has 0 aromatic heterocycles. The van der Waals surface area contributed by atoms with Gasteiger partial charge in [-0.2, -0.15) is 0 Å². The number of carbonyl (C=O) groups excluding carboxylic acids is 1. The number of hydrogen-bond donors (Lipinski definition) is 0. The van der Waals surface area contributed by atoms with Gasteiger partial charge in [-0.15, -0.1) is 0 Å². The largest absolute Gasteiger partial charge is 0.378 e. The van der Waals surface area contributed by atoms with Gasteiger partial charge in [0.05, 0.1) is 35.7 Å². The molecule has 1 aromatic carbocycles. The summed E-state index contributed by atoms with van der Waals surface area (Å²) in [4.78, 5) is 35.7. The van der Waals surface area contributed by atoms with E-state index in [1.54, 1.807) is 4.90 Å². The van der Waals surface area contributed by atoms with E-state index in [0.29, 0.717) is 26.3 Å². The lowest BCUT2D eigenvalue weighted by atomic mass is 10.2. The minimum Gasteiger partial charge on any atom is -0.378 e. The summed E-state index contributed by atoms with van der Waals surface area (Å²) in [5.41, 5.74) is -0.618. The summed E-state index contributed by atoms with van der Waals surface area (Å²) in [6.45, 7) is 1.84. The number of carbonyl (C=O) groups is 1. The number of hydrogen-bond acceptors (Lipinski definition) is 7. The van der Waals surface area contributed by atoms with Gasteiger partial charge in [0, 0.05) is 26.2 Å². The van der Waals surface area contributed by atoms with E-state index in [2.05, 4.69) is 0 Å². The van der Waals surface area contributed by atoms with Crippen LogP contribution in [0.4, 0.5) is 17.1 Å². The van der Waals surface area contributed by atoms with E-state index in [1.165, 1.54) is 24.1 Å². The molecule has 0 unspecified atom stereocenters. The Morgan fingerprint density at radius 3 is 2.48 bits per heavy atom. The molecule has 1 aliphatic rings. The number of likely N-dealkylation sites (N-methyl/N-ethyl adjacent to an activating group) is 1. The van der Waals surface area contributed by atoms with Crippen molar-refractivity contribution in [2.75, 3.05) is 44.8 Å². The molecule has 10 nitrogen and oxygen atoms in total. The van der Waals surface area contributed by atoms with E-state index in [-0.39, 0.29) is 23.8 Å². The number of nitrogens with zero attached hydrogens (tertiary/aromatic N) is 4. The van der Waals surface area contributed by atoms with Gasteiger partial charge in [0.15, 0.2) is 0 Å². The van der Waals surface area contributed by atoms with E-state index >= 15 is 0 Å². The van der Waals surface area contributed by atoms with Crippen LogP contribution in [0, 0.1) is 20.2 Å². The summed E-state index contributed by atoms with van der Waals surface area (Å²) in [6, 6.07) is 3.35. The molecule has 0 atom stereocenters. The third-order valence-corrected chi connectivity index (χ3v) is 3.51. The molecule has 0 aliphatic carbocycles. The third kappa shape index (κ3) is 3.92. The highest BCUT2D eigenvalue weighted by molar-refractivity contribution is 5.82. The SMILES string of the molecule is CN(CC(=O)N1CCOCC1)c1ccc([N+](=O)[O-])cc1[N+](=O)[O-]. The number of nitro benzene ring substituents is 2. The lowest BCUT2D eigenvalue weighted by Gasteiger charge is -2.29. The van der Waals surface area contributed by atoms with Crippen LogP contribution in [0.5, 0.6) is 0 Å². The van der Waals surface area contributed by atoms with Gasteiger partial charge in [-0.05, 0) is 6.07 Å². The Bertz CT molecular complexity index is 629. The minimum atomic E-state index is -0.699. The van der Waals surface area contributed by atoms with Crippen molar-refractivity contribution in [2.45, 2.75) is 0 Å². The summed E-state index contributed by atoms with van der Waals surface area (Å²) in [6.07, 6.45) is 0. The maximum absolute atomic E-state index is 12.2. The third-order valence-electron chi connectivity index (χ3n) is 3.51. The molecule has 23 heavy (non-hydrogen) atoms. The van der Waals surface area contributed by atoms with Crippen molar-refractivity contribution < 1.29 is 19.4 Å². The van der Waals surface area contributed by atoms with E-state index in [1.807, 2.05) is 0 Å². The topological polar surface area (TPSA) is 119 Å². The average molecular weight is 324 g/mol. The number of benzene rings is 1. The number of non-ortho nitro benzene ring substituents is 1. The first-order chi connectivity index (χ1) is 10.9. The fraction of sp³-hybridized carbons (Fsp3) is 0.462. The molecule has 1 saturated heterocycles. The van der Waals surface area contributed by atoms with Crippen LogP contribution in [0.15, 0.2) is 18.2 Å². The van der Waals surface area contributed by atoms with Crippen LogP contribution in [-0.4, -0.2) is 60.5 Å². The molecule has 2 rings (SSSR count). The Balaban J connectivity index is 2.17. The average Bonchev–Trinajstić information content (AvgIpc) is 2.54. The van der Waals surface area contributed by atoms with Crippen LogP contribution >= 0.6 is 0 Å². The van der Waals surface area contributed by atoms with Crippen LogP contribution in [0.2, 0.25) is 0 Å². The van der Waals surface area contributed by atoms with Crippen LogP contribution in [-0.2, 0) is 9.53 Å². The molecule has 1 aromatic rings. The predicted octanol–water partition coefficient (Wildman–Crippen LogP) is 0.798. The first kappa shape index (κ1) is 16.6. The van der Waals surface area contributed by atoms with Crippen molar-refractivity contribution in [3.8, 4) is 0 Å². The number of morpholine rings is 1. The van der Waals surface area contributed by atoms with Crippen molar-refractivity contribution in [3.63, 3.8) is 0 Å². The lowest BCUT2D eigenvalue weighted by Crippen LogP contribution is -2.45. The standard InChI is InChI=1S/C13H16N4O6/c1-14(9-13(18)15-4-6-23-7-5-15)11-3-2-10(16(19)20)8-12(11)17(21)22/h2-3,8H,4-7,9H2,1H3. The molecule has 10 heteroatoms. The second-order valence-corrected chi connectivity index (χ2v) is 5.04. The van der Waals surface area contributed by atoms with Crippen molar-refractivity contribution in [1.82, 2.24) is 4.90 Å². The maximum Gasteiger partial charge on any atom is 0.299 e. The second kappa shape index (κ2) is 7.01. The molecule has 0 saturated carbocycles. The zero-order valence-corrected chi connectivity index (χ0v) is 12.5. The Labute approximate surface area is 131 Å². The summed E-state index contributed by atoms with van der Waals surface area (Å²) < 4.78 is 5.17. The fourth-order valence-electron chi connectivity index (χ4n) is 2.30. The number of nitro groups is 2. The zero-order valence-electron chi connectivity index (χ0n) is 12.5. The van der Waals surface area contributed by atoms with Crippen molar-refractivity contribution >= 4 is 23.0 Å². The van der Waals surface area contributed by atoms with Gasteiger partial charge in [-0.3, -0.25) is 25.0 Å². The monoisotopic (exact) mass is 324 g/mol. The molecular formula is C13H16N4O6. The van der Waals surface area contributed by atoms with Gasteiger partial charge < -0.3 is 14.5 Å². The highest BCUT2D eigenvalue weighted by Gasteiger charge is 2.24.